The van der Waals surface area contributed by atoms with Crippen molar-refractivity contribution in [3.05, 3.63) is 21.0 Å². The summed E-state index contributed by atoms with van der Waals surface area (Å²) >= 11 is 1.78. The van der Waals surface area contributed by atoms with Crippen LogP contribution in [-0.4, -0.2) is 4.98 Å². The third-order valence-corrected chi connectivity index (χ3v) is 2.62. The summed E-state index contributed by atoms with van der Waals surface area (Å²) in [5, 5.41) is 0. The summed E-state index contributed by atoms with van der Waals surface area (Å²) < 4.78 is 24.8. The number of nitrogens with two attached hydrogens (primary N) is 1. The average Bonchev–Trinajstić information content (AvgIpc) is 2.00. The molecule has 0 aliphatic rings. The highest BCUT2D eigenvalue weighted by Crippen LogP contribution is 2.27. The molecule has 66 valence electrons. The van der Waals surface area contributed by atoms with E-state index in [2.05, 4.69) is 4.98 Å². The molecule has 0 radical (unpaired) electrons. The smallest absolute Gasteiger partial charge is 0.281 e. The van der Waals surface area contributed by atoms with Crippen LogP contribution in [0.5, 0.6) is 0 Å². The van der Waals surface area contributed by atoms with Gasteiger partial charge in [-0.1, -0.05) is 0 Å². The van der Waals surface area contributed by atoms with Gasteiger partial charge in [0.2, 0.25) is 0 Å². The lowest BCUT2D eigenvalue weighted by atomic mass is 10.2. The zero-order chi connectivity index (χ0) is 9.30. The molecule has 0 fully saturated rings. The maximum Gasteiger partial charge on any atom is 0.281 e. The van der Waals surface area contributed by atoms with E-state index in [9.17, 15) is 8.78 Å². The van der Waals surface area contributed by atoms with Gasteiger partial charge < -0.3 is 5.73 Å². The first-order chi connectivity index (χ1) is 5.54. The highest BCUT2D eigenvalue weighted by molar-refractivity contribution is 14.1. The van der Waals surface area contributed by atoms with Crippen molar-refractivity contribution in [1.82, 2.24) is 4.98 Å². The van der Waals surface area contributed by atoms with Gasteiger partial charge in [0.25, 0.3) is 6.43 Å². The molecular weight excluding hydrogens is 277 g/mol. The molecule has 0 bridgehead atoms. The first kappa shape index (κ1) is 9.63. The second-order valence-electron chi connectivity index (χ2n) is 2.35. The van der Waals surface area contributed by atoms with Crippen molar-refractivity contribution in [2.45, 2.75) is 13.3 Å². The molecule has 12 heavy (non-hydrogen) atoms. The predicted octanol–water partition coefficient (Wildman–Crippen LogP) is 2.51. The monoisotopic (exact) mass is 284 g/mol. The first-order valence-corrected chi connectivity index (χ1v) is 4.30. The summed E-state index contributed by atoms with van der Waals surface area (Å²) in [6.07, 6.45) is -1.20. The lowest BCUT2D eigenvalue weighted by Gasteiger charge is -2.06. The Morgan fingerprint density at radius 1 is 1.58 bits per heavy atom. The Morgan fingerprint density at radius 2 is 2.17 bits per heavy atom. The lowest BCUT2D eigenvalue weighted by molar-refractivity contribution is 0.145. The predicted molar refractivity (Wildman–Crippen MR) is 51.1 cm³/mol. The Hall–Kier alpha value is -0.460. The van der Waals surface area contributed by atoms with Gasteiger partial charge >= 0.3 is 0 Å². The van der Waals surface area contributed by atoms with E-state index in [0.29, 0.717) is 9.26 Å². The van der Waals surface area contributed by atoms with Gasteiger partial charge in [0.15, 0.2) is 0 Å². The number of rotatable bonds is 1. The van der Waals surface area contributed by atoms with Crippen molar-refractivity contribution < 1.29 is 8.78 Å². The number of aromatic nitrogens is 1. The number of alkyl halides is 2. The van der Waals surface area contributed by atoms with Gasteiger partial charge in [0.1, 0.15) is 5.69 Å². The van der Waals surface area contributed by atoms with E-state index < -0.39 is 6.43 Å². The molecule has 1 aromatic rings. The Bertz CT molecular complexity index is 302. The summed E-state index contributed by atoms with van der Waals surface area (Å²) in [5.41, 5.74) is 6.42. The summed E-state index contributed by atoms with van der Waals surface area (Å²) in [7, 11) is 0. The third kappa shape index (κ3) is 1.65. The van der Waals surface area contributed by atoms with Crippen LogP contribution in [0.4, 0.5) is 14.5 Å². The third-order valence-electron chi connectivity index (χ3n) is 1.49. The molecule has 0 saturated carbocycles. The van der Waals surface area contributed by atoms with Crippen molar-refractivity contribution in [2.24, 2.45) is 0 Å². The van der Waals surface area contributed by atoms with Gasteiger partial charge in [0.05, 0.1) is 9.26 Å². The van der Waals surface area contributed by atoms with Crippen LogP contribution in [0.25, 0.3) is 0 Å². The van der Waals surface area contributed by atoms with Crippen molar-refractivity contribution in [2.75, 3.05) is 5.73 Å². The standard InChI is InChI=1S/C7H7F2IN2/c1-3-2-12-6(7(8)9)4(10)5(3)11/h2,7H,1H3,(H2,11,12). The summed E-state index contributed by atoms with van der Waals surface area (Å²) in [6, 6.07) is 0. The topological polar surface area (TPSA) is 38.9 Å². The molecule has 0 atom stereocenters. The zero-order valence-electron chi connectivity index (χ0n) is 6.31. The largest absolute Gasteiger partial charge is 0.398 e. The second kappa shape index (κ2) is 3.51. The minimum atomic E-state index is -2.56. The van der Waals surface area contributed by atoms with E-state index in [1.165, 1.54) is 6.20 Å². The number of pyridine rings is 1. The number of nitrogens with zero attached hydrogens (tertiary/aromatic N) is 1. The van der Waals surface area contributed by atoms with Crippen LogP contribution in [0.15, 0.2) is 6.20 Å². The number of hydrogen-bond acceptors (Lipinski definition) is 2. The molecule has 2 nitrogen and oxygen atoms in total. The van der Waals surface area contributed by atoms with Crippen LogP contribution in [0.2, 0.25) is 0 Å². The van der Waals surface area contributed by atoms with Crippen molar-refractivity contribution in [3.8, 4) is 0 Å². The van der Waals surface area contributed by atoms with Crippen LogP contribution in [0, 0.1) is 10.5 Å². The van der Waals surface area contributed by atoms with E-state index in [4.69, 9.17) is 5.73 Å². The molecular formula is C7H7F2IN2. The van der Waals surface area contributed by atoms with Gasteiger partial charge in [-0.2, -0.15) is 0 Å². The highest BCUT2D eigenvalue weighted by Gasteiger charge is 2.15. The van der Waals surface area contributed by atoms with Crippen LogP contribution >= 0.6 is 22.6 Å². The van der Waals surface area contributed by atoms with Gasteiger partial charge in [-0.25, -0.2) is 8.78 Å². The normalized spacial score (nSPS) is 10.8. The Morgan fingerprint density at radius 3 is 2.67 bits per heavy atom. The molecule has 0 saturated heterocycles. The molecule has 0 amide bonds. The van der Waals surface area contributed by atoms with Crippen LogP contribution in [-0.2, 0) is 0 Å². The van der Waals surface area contributed by atoms with Crippen LogP contribution in [0.1, 0.15) is 17.7 Å². The Labute approximate surface area is 82.3 Å². The molecule has 1 aromatic heterocycles. The highest BCUT2D eigenvalue weighted by atomic mass is 127. The maximum absolute atomic E-state index is 12.2. The van der Waals surface area contributed by atoms with E-state index in [0.717, 1.165) is 5.56 Å². The number of aryl methyl sites for hydroxylation is 1. The zero-order valence-corrected chi connectivity index (χ0v) is 8.47. The van der Waals surface area contributed by atoms with E-state index >= 15 is 0 Å². The van der Waals surface area contributed by atoms with Crippen LogP contribution in [0.3, 0.4) is 0 Å². The van der Waals surface area contributed by atoms with Crippen LogP contribution < -0.4 is 5.73 Å². The van der Waals surface area contributed by atoms with Crippen molar-refractivity contribution in [3.63, 3.8) is 0 Å². The van der Waals surface area contributed by atoms with Crippen molar-refractivity contribution in [1.29, 1.82) is 0 Å². The number of hydrogen-bond donors (Lipinski definition) is 1. The SMILES string of the molecule is Cc1cnc(C(F)F)c(I)c1N. The fraction of sp³-hybridized carbons (Fsp3) is 0.286. The first-order valence-electron chi connectivity index (χ1n) is 3.22. The Balaban J connectivity index is 3.27. The molecule has 1 rings (SSSR count). The molecule has 0 aliphatic carbocycles. The van der Waals surface area contributed by atoms with Gasteiger partial charge in [-0.3, -0.25) is 4.98 Å². The molecule has 5 heteroatoms. The van der Waals surface area contributed by atoms with Gasteiger partial charge in [-0.05, 0) is 35.1 Å². The molecule has 0 spiro atoms. The maximum atomic E-state index is 12.2. The quantitative estimate of drug-likeness (QED) is 0.805. The van der Waals surface area contributed by atoms with E-state index in [-0.39, 0.29) is 5.69 Å². The van der Waals surface area contributed by atoms with E-state index in [1.54, 1.807) is 29.5 Å². The molecule has 0 aliphatic heterocycles. The fourth-order valence-corrected chi connectivity index (χ4v) is 1.56. The summed E-state index contributed by atoms with van der Waals surface area (Å²) in [6.45, 7) is 1.74. The molecule has 0 unspecified atom stereocenters. The number of halogens is 3. The van der Waals surface area contributed by atoms with Gasteiger partial charge in [-0.15, -0.1) is 0 Å². The minimum absolute atomic E-state index is 0.237. The average molecular weight is 284 g/mol. The van der Waals surface area contributed by atoms with Gasteiger partial charge in [0, 0.05) is 6.20 Å². The minimum Gasteiger partial charge on any atom is -0.398 e. The molecule has 0 aromatic carbocycles. The van der Waals surface area contributed by atoms with E-state index in [1.807, 2.05) is 0 Å². The number of nitrogen functional groups attached to an aromatic ring is 1. The molecule has 1 heterocycles. The Kier molecular flexibility index (Phi) is 2.81. The summed E-state index contributed by atoms with van der Waals surface area (Å²) in [4.78, 5) is 3.60. The number of anilines is 1. The molecule has 2 N–H and O–H groups in total. The second-order valence-corrected chi connectivity index (χ2v) is 3.43. The van der Waals surface area contributed by atoms with Crippen molar-refractivity contribution >= 4 is 28.3 Å². The fourth-order valence-electron chi connectivity index (χ4n) is 0.756. The lowest BCUT2D eigenvalue weighted by Crippen LogP contribution is -2.01. The summed E-state index contributed by atoms with van der Waals surface area (Å²) in [5.74, 6) is 0.